The van der Waals surface area contributed by atoms with Crippen molar-refractivity contribution in [1.82, 2.24) is 4.90 Å². The summed E-state index contributed by atoms with van der Waals surface area (Å²) in [5, 5.41) is 23.4. The number of furan rings is 1. The van der Waals surface area contributed by atoms with Crippen LogP contribution in [0.2, 0.25) is 0 Å². The van der Waals surface area contributed by atoms with Crippen molar-refractivity contribution in [2.24, 2.45) is 0 Å². The molecule has 6 nitrogen and oxygen atoms in total. The van der Waals surface area contributed by atoms with E-state index < -0.39 is 5.60 Å². The standard InChI is InChI=1S/C22H24N2O4/c25-15-22(27)9-4-11-24(12-10-22)21(26)23-18-7-8-19-17(13-18)14-20(28-19)16-5-2-1-3-6-16/h1-3,5-8,13-14,25,27H,4,9-12,15H2,(H,23,26)/t22-/m1/s1. The number of amides is 2. The van der Waals surface area contributed by atoms with Crippen LogP contribution in [0.25, 0.3) is 22.3 Å². The van der Waals surface area contributed by atoms with Gasteiger partial charge in [0.15, 0.2) is 0 Å². The fourth-order valence-electron chi connectivity index (χ4n) is 3.61. The van der Waals surface area contributed by atoms with Crippen LogP contribution in [0.15, 0.2) is 59.0 Å². The number of carbonyl (C=O) groups excluding carboxylic acids is 1. The second-order valence-electron chi connectivity index (χ2n) is 7.38. The molecule has 28 heavy (non-hydrogen) atoms. The quantitative estimate of drug-likeness (QED) is 0.644. The molecule has 0 radical (unpaired) electrons. The third-order valence-electron chi connectivity index (χ3n) is 5.32. The Morgan fingerprint density at radius 3 is 2.71 bits per heavy atom. The summed E-state index contributed by atoms with van der Waals surface area (Å²) >= 11 is 0. The number of urea groups is 1. The molecule has 1 aliphatic rings. The number of benzene rings is 2. The Balaban J connectivity index is 1.48. The highest BCUT2D eigenvalue weighted by Gasteiger charge is 2.30. The average molecular weight is 380 g/mol. The second-order valence-corrected chi connectivity index (χ2v) is 7.38. The lowest BCUT2D eigenvalue weighted by molar-refractivity contribution is -0.0247. The van der Waals surface area contributed by atoms with Gasteiger partial charge in [0.25, 0.3) is 0 Å². The molecule has 0 spiro atoms. The zero-order chi connectivity index (χ0) is 19.6. The fourth-order valence-corrected chi connectivity index (χ4v) is 3.61. The highest BCUT2D eigenvalue weighted by atomic mass is 16.3. The lowest BCUT2D eigenvalue weighted by Crippen LogP contribution is -2.38. The minimum absolute atomic E-state index is 0.201. The topological polar surface area (TPSA) is 85.9 Å². The zero-order valence-electron chi connectivity index (χ0n) is 15.6. The first-order chi connectivity index (χ1) is 13.6. The van der Waals surface area contributed by atoms with Gasteiger partial charge in [0, 0.05) is 29.7 Å². The number of anilines is 1. The number of hydrogen-bond acceptors (Lipinski definition) is 4. The Kier molecular flexibility index (Phi) is 5.07. The molecule has 0 saturated carbocycles. The van der Waals surface area contributed by atoms with Gasteiger partial charge in [0.1, 0.15) is 11.3 Å². The molecule has 6 heteroatoms. The molecule has 146 valence electrons. The Bertz CT molecular complexity index is 969. The molecule has 1 fully saturated rings. The maximum Gasteiger partial charge on any atom is 0.321 e. The number of carbonyl (C=O) groups is 1. The maximum atomic E-state index is 12.6. The Labute approximate surface area is 163 Å². The molecule has 0 unspecified atom stereocenters. The molecule has 1 atom stereocenters. The Morgan fingerprint density at radius 1 is 1.11 bits per heavy atom. The van der Waals surface area contributed by atoms with Crippen LogP contribution in [0.1, 0.15) is 19.3 Å². The Hall–Kier alpha value is -2.83. The lowest BCUT2D eigenvalue weighted by atomic mass is 9.96. The molecular weight excluding hydrogens is 356 g/mol. The molecule has 2 heterocycles. The van der Waals surface area contributed by atoms with Crippen LogP contribution in [-0.2, 0) is 0 Å². The highest BCUT2D eigenvalue weighted by Crippen LogP contribution is 2.29. The number of nitrogens with zero attached hydrogens (tertiary/aromatic N) is 1. The van der Waals surface area contributed by atoms with Gasteiger partial charge in [0.2, 0.25) is 0 Å². The van der Waals surface area contributed by atoms with Crippen molar-refractivity contribution in [3.05, 3.63) is 54.6 Å². The Morgan fingerprint density at radius 2 is 1.93 bits per heavy atom. The van der Waals surface area contributed by atoms with Crippen molar-refractivity contribution in [3.63, 3.8) is 0 Å². The van der Waals surface area contributed by atoms with Crippen LogP contribution >= 0.6 is 0 Å². The highest BCUT2D eigenvalue weighted by molar-refractivity contribution is 5.93. The van der Waals surface area contributed by atoms with Gasteiger partial charge in [-0.05, 0) is 43.5 Å². The summed E-state index contributed by atoms with van der Waals surface area (Å²) in [6, 6.07) is 17.2. The van der Waals surface area contributed by atoms with Crippen LogP contribution in [0.4, 0.5) is 10.5 Å². The van der Waals surface area contributed by atoms with Crippen LogP contribution in [0, 0.1) is 0 Å². The van der Waals surface area contributed by atoms with E-state index in [9.17, 15) is 15.0 Å². The molecular formula is C22H24N2O4. The molecule has 0 aliphatic carbocycles. The van der Waals surface area contributed by atoms with Crippen LogP contribution < -0.4 is 5.32 Å². The first-order valence-corrected chi connectivity index (χ1v) is 9.54. The van der Waals surface area contributed by atoms with Gasteiger partial charge in [-0.1, -0.05) is 30.3 Å². The van der Waals surface area contributed by atoms with Gasteiger partial charge in [-0.15, -0.1) is 0 Å². The summed E-state index contributed by atoms with van der Waals surface area (Å²) in [5.74, 6) is 0.787. The van der Waals surface area contributed by atoms with Gasteiger partial charge in [-0.2, -0.15) is 0 Å². The van der Waals surface area contributed by atoms with Crippen molar-refractivity contribution in [2.45, 2.75) is 24.9 Å². The minimum atomic E-state index is -1.08. The monoisotopic (exact) mass is 380 g/mol. The average Bonchev–Trinajstić information content (AvgIpc) is 3.04. The van der Waals surface area contributed by atoms with Crippen molar-refractivity contribution < 1.29 is 19.4 Å². The van der Waals surface area contributed by atoms with Gasteiger partial charge in [-0.3, -0.25) is 0 Å². The number of likely N-dealkylation sites (tertiary alicyclic amines) is 1. The molecule has 1 aromatic heterocycles. The lowest BCUT2D eigenvalue weighted by Gasteiger charge is -2.24. The summed E-state index contributed by atoms with van der Waals surface area (Å²) in [5.41, 5.74) is 1.38. The van der Waals surface area contributed by atoms with Gasteiger partial charge < -0.3 is 24.8 Å². The van der Waals surface area contributed by atoms with Crippen molar-refractivity contribution in [2.75, 3.05) is 25.0 Å². The largest absolute Gasteiger partial charge is 0.456 e. The van der Waals surface area contributed by atoms with Crippen LogP contribution in [0.5, 0.6) is 0 Å². The molecule has 3 N–H and O–H groups in total. The van der Waals surface area contributed by atoms with E-state index in [4.69, 9.17) is 4.42 Å². The molecule has 4 rings (SSSR count). The third kappa shape index (κ3) is 3.88. The van der Waals surface area contributed by atoms with Crippen LogP contribution in [0.3, 0.4) is 0 Å². The summed E-state index contributed by atoms with van der Waals surface area (Å²) in [6.07, 6.45) is 1.53. The zero-order valence-corrected chi connectivity index (χ0v) is 15.6. The normalized spacial score (nSPS) is 20.1. The van der Waals surface area contributed by atoms with E-state index in [1.807, 2.05) is 54.6 Å². The van der Waals surface area contributed by atoms with E-state index in [0.717, 1.165) is 22.3 Å². The number of aliphatic hydroxyl groups is 2. The van der Waals surface area contributed by atoms with Gasteiger partial charge >= 0.3 is 6.03 Å². The maximum absolute atomic E-state index is 12.6. The fraction of sp³-hybridized carbons (Fsp3) is 0.318. The second kappa shape index (κ2) is 7.66. The van der Waals surface area contributed by atoms with Crippen molar-refractivity contribution in [3.8, 4) is 11.3 Å². The van der Waals surface area contributed by atoms with E-state index in [2.05, 4.69) is 5.32 Å². The first-order valence-electron chi connectivity index (χ1n) is 9.54. The van der Waals surface area contributed by atoms with E-state index in [1.165, 1.54) is 0 Å². The number of nitrogens with one attached hydrogen (secondary N) is 1. The predicted molar refractivity (Wildman–Crippen MR) is 108 cm³/mol. The summed E-state index contributed by atoms with van der Waals surface area (Å²) < 4.78 is 5.91. The molecule has 1 saturated heterocycles. The van der Waals surface area contributed by atoms with E-state index >= 15 is 0 Å². The molecule has 1 aliphatic heterocycles. The SMILES string of the molecule is O=C(Nc1ccc2oc(-c3ccccc3)cc2c1)N1CCC[C@](O)(CO)CC1. The number of fused-ring (bicyclic) bond motifs is 1. The van der Waals surface area contributed by atoms with E-state index in [0.29, 0.717) is 38.0 Å². The number of hydrogen-bond donors (Lipinski definition) is 3. The molecule has 2 amide bonds. The van der Waals surface area contributed by atoms with E-state index in [1.54, 1.807) is 4.90 Å². The number of rotatable bonds is 3. The van der Waals surface area contributed by atoms with Crippen molar-refractivity contribution >= 4 is 22.7 Å². The third-order valence-corrected chi connectivity index (χ3v) is 5.32. The predicted octanol–water partition coefficient (Wildman–Crippen LogP) is 3.84. The number of aliphatic hydroxyl groups excluding tert-OH is 1. The van der Waals surface area contributed by atoms with E-state index in [-0.39, 0.29) is 12.6 Å². The summed E-state index contributed by atoms with van der Waals surface area (Å²) in [7, 11) is 0. The van der Waals surface area contributed by atoms with Gasteiger partial charge in [0.05, 0.1) is 12.2 Å². The smallest absolute Gasteiger partial charge is 0.321 e. The summed E-state index contributed by atoms with van der Waals surface area (Å²) in [4.78, 5) is 14.3. The minimum Gasteiger partial charge on any atom is -0.456 e. The molecule has 2 aromatic carbocycles. The summed E-state index contributed by atoms with van der Waals surface area (Å²) in [6.45, 7) is 0.693. The van der Waals surface area contributed by atoms with Crippen LogP contribution in [-0.4, -0.2) is 46.4 Å². The first kappa shape index (κ1) is 18.5. The van der Waals surface area contributed by atoms with Gasteiger partial charge in [-0.25, -0.2) is 4.79 Å². The molecule has 0 bridgehead atoms. The molecule has 3 aromatic rings. The van der Waals surface area contributed by atoms with Crippen molar-refractivity contribution in [1.29, 1.82) is 0 Å².